The van der Waals surface area contributed by atoms with E-state index in [-0.39, 0.29) is 17.3 Å². The molecule has 1 amide bonds. The number of benzene rings is 1. The number of nitro benzene ring substituents is 1. The van der Waals surface area contributed by atoms with Gasteiger partial charge in [0.1, 0.15) is 5.56 Å². The molecule has 1 atom stereocenters. The molecule has 0 heterocycles. The van der Waals surface area contributed by atoms with Crippen molar-refractivity contribution in [3.05, 3.63) is 39.4 Å². The maximum atomic E-state index is 11.9. The number of hydrogen-bond donors (Lipinski definition) is 1. The topological polar surface area (TPSA) is 72.2 Å². The van der Waals surface area contributed by atoms with Crippen LogP contribution in [0.15, 0.2) is 18.2 Å². The van der Waals surface area contributed by atoms with Crippen molar-refractivity contribution in [1.29, 1.82) is 0 Å². The SMILES string of the molecule is Cc1cccc([N+](=O)[O-])c1C(=O)NC(C)CBr. The van der Waals surface area contributed by atoms with Gasteiger partial charge < -0.3 is 5.32 Å². The third kappa shape index (κ3) is 3.26. The molecule has 1 aromatic rings. The number of aryl methyl sites for hydroxylation is 1. The lowest BCUT2D eigenvalue weighted by molar-refractivity contribution is -0.385. The molecule has 0 spiro atoms. The first-order valence-electron chi connectivity index (χ1n) is 5.08. The molecule has 0 aliphatic carbocycles. The molecule has 1 rings (SSSR count). The minimum absolute atomic E-state index is 0.0817. The molecule has 0 bridgehead atoms. The third-order valence-corrected chi connectivity index (χ3v) is 3.25. The summed E-state index contributed by atoms with van der Waals surface area (Å²) in [6, 6.07) is 4.50. The van der Waals surface area contributed by atoms with Gasteiger partial charge in [-0.15, -0.1) is 0 Å². The predicted molar refractivity (Wildman–Crippen MR) is 68.6 cm³/mol. The molecule has 0 saturated heterocycles. The standard InChI is InChI=1S/C11H13BrN2O3/c1-7-4-3-5-9(14(16)17)10(7)11(15)13-8(2)6-12/h3-5,8H,6H2,1-2H3,(H,13,15). The van der Waals surface area contributed by atoms with Crippen LogP contribution < -0.4 is 5.32 Å². The molecule has 1 N–H and O–H groups in total. The Morgan fingerprint density at radius 1 is 1.59 bits per heavy atom. The lowest BCUT2D eigenvalue weighted by Gasteiger charge is -2.12. The van der Waals surface area contributed by atoms with Crippen molar-refractivity contribution in [1.82, 2.24) is 5.32 Å². The molecule has 1 aromatic carbocycles. The Hall–Kier alpha value is -1.43. The number of nitro groups is 1. The average Bonchev–Trinajstić information content (AvgIpc) is 2.28. The zero-order valence-electron chi connectivity index (χ0n) is 9.57. The van der Waals surface area contributed by atoms with Crippen molar-refractivity contribution in [2.75, 3.05) is 5.33 Å². The highest BCUT2D eigenvalue weighted by molar-refractivity contribution is 9.09. The van der Waals surface area contributed by atoms with Crippen molar-refractivity contribution in [2.24, 2.45) is 0 Å². The van der Waals surface area contributed by atoms with Gasteiger partial charge in [-0.1, -0.05) is 28.1 Å². The molecule has 0 aromatic heterocycles. The highest BCUT2D eigenvalue weighted by Crippen LogP contribution is 2.21. The Balaban J connectivity index is 3.11. The minimum atomic E-state index is -0.541. The molecule has 5 nitrogen and oxygen atoms in total. The molecule has 92 valence electrons. The Morgan fingerprint density at radius 2 is 2.24 bits per heavy atom. The number of carbonyl (C=O) groups is 1. The van der Waals surface area contributed by atoms with Crippen LogP contribution in [0.2, 0.25) is 0 Å². The van der Waals surface area contributed by atoms with Gasteiger partial charge in [0.15, 0.2) is 0 Å². The predicted octanol–water partition coefficient (Wildman–Crippen LogP) is 2.42. The summed E-state index contributed by atoms with van der Waals surface area (Å²) >= 11 is 3.23. The van der Waals surface area contributed by atoms with Crippen molar-refractivity contribution in [3.8, 4) is 0 Å². The van der Waals surface area contributed by atoms with E-state index in [4.69, 9.17) is 0 Å². The molecule has 0 fully saturated rings. The smallest absolute Gasteiger partial charge is 0.282 e. The first-order chi connectivity index (χ1) is 7.97. The number of halogens is 1. The number of alkyl halides is 1. The fourth-order valence-electron chi connectivity index (χ4n) is 1.43. The lowest BCUT2D eigenvalue weighted by atomic mass is 10.1. The fourth-order valence-corrected chi connectivity index (χ4v) is 1.60. The summed E-state index contributed by atoms with van der Waals surface area (Å²) in [7, 11) is 0. The van der Waals surface area contributed by atoms with Gasteiger partial charge in [0.25, 0.3) is 11.6 Å². The van der Waals surface area contributed by atoms with Crippen LogP contribution >= 0.6 is 15.9 Å². The van der Waals surface area contributed by atoms with Crippen LogP contribution in [-0.4, -0.2) is 22.2 Å². The largest absolute Gasteiger partial charge is 0.349 e. The monoisotopic (exact) mass is 300 g/mol. The Labute approximate surface area is 107 Å². The van der Waals surface area contributed by atoms with Crippen LogP contribution in [0.4, 0.5) is 5.69 Å². The van der Waals surface area contributed by atoms with E-state index in [0.717, 1.165) is 0 Å². The second kappa shape index (κ2) is 5.77. The van der Waals surface area contributed by atoms with E-state index >= 15 is 0 Å². The average molecular weight is 301 g/mol. The quantitative estimate of drug-likeness (QED) is 0.527. The number of amides is 1. The highest BCUT2D eigenvalue weighted by atomic mass is 79.9. The van der Waals surface area contributed by atoms with E-state index in [1.807, 2.05) is 6.92 Å². The number of hydrogen-bond acceptors (Lipinski definition) is 3. The summed E-state index contributed by atoms with van der Waals surface area (Å²) in [5.74, 6) is -0.415. The van der Waals surface area contributed by atoms with Crippen LogP contribution in [0, 0.1) is 17.0 Å². The first kappa shape index (κ1) is 13.6. The zero-order valence-corrected chi connectivity index (χ0v) is 11.2. The van der Waals surface area contributed by atoms with E-state index in [1.54, 1.807) is 19.1 Å². The van der Waals surface area contributed by atoms with E-state index < -0.39 is 10.8 Å². The van der Waals surface area contributed by atoms with Gasteiger partial charge in [0, 0.05) is 17.4 Å². The fraction of sp³-hybridized carbons (Fsp3) is 0.364. The molecule has 0 aliphatic rings. The van der Waals surface area contributed by atoms with Crippen LogP contribution in [-0.2, 0) is 0 Å². The minimum Gasteiger partial charge on any atom is -0.349 e. The second-order valence-corrected chi connectivity index (χ2v) is 4.40. The van der Waals surface area contributed by atoms with E-state index in [2.05, 4.69) is 21.2 Å². The Kier molecular flexibility index (Phi) is 4.62. The summed E-state index contributed by atoms with van der Waals surface area (Å²) in [5.41, 5.74) is 0.563. The van der Waals surface area contributed by atoms with Crippen LogP contribution in [0.5, 0.6) is 0 Å². The van der Waals surface area contributed by atoms with E-state index in [1.165, 1.54) is 6.07 Å². The van der Waals surface area contributed by atoms with Crippen LogP contribution in [0.3, 0.4) is 0 Å². The summed E-state index contributed by atoms with van der Waals surface area (Å²) < 4.78 is 0. The van der Waals surface area contributed by atoms with Gasteiger partial charge in [-0.05, 0) is 19.4 Å². The van der Waals surface area contributed by atoms with Crippen LogP contribution in [0.25, 0.3) is 0 Å². The molecule has 17 heavy (non-hydrogen) atoms. The molecule has 0 radical (unpaired) electrons. The van der Waals surface area contributed by atoms with Crippen molar-refractivity contribution < 1.29 is 9.72 Å². The summed E-state index contributed by atoms with van der Waals surface area (Å²) in [4.78, 5) is 22.2. The van der Waals surface area contributed by atoms with Crippen molar-refractivity contribution >= 4 is 27.5 Å². The summed E-state index contributed by atoms with van der Waals surface area (Å²) in [6.07, 6.45) is 0. The zero-order chi connectivity index (χ0) is 13.0. The first-order valence-corrected chi connectivity index (χ1v) is 6.20. The van der Waals surface area contributed by atoms with Crippen molar-refractivity contribution in [3.63, 3.8) is 0 Å². The molecule has 0 saturated carbocycles. The number of rotatable bonds is 4. The maximum Gasteiger partial charge on any atom is 0.282 e. The van der Waals surface area contributed by atoms with Gasteiger partial charge in [0.05, 0.1) is 4.92 Å². The molecule has 1 unspecified atom stereocenters. The Morgan fingerprint density at radius 3 is 2.76 bits per heavy atom. The normalized spacial score (nSPS) is 11.9. The molecule has 6 heteroatoms. The Bertz CT molecular complexity index is 448. The molecule has 0 aliphatic heterocycles. The van der Waals surface area contributed by atoms with Gasteiger partial charge in [0.2, 0.25) is 0 Å². The number of nitrogens with one attached hydrogen (secondary N) is 1. The second-order valence-electron chi connectivity index (χ2n) is 3.75. The third-order valence-electron chi connectivity index (χ3n) is 2.28. The van der Waals surface area contributed by atoms with Gasteiger partial charge in [-0.3, -0.25) is 14.9 Å². The van der Waals surface area contributed by atoms with E-state index in [9.17, 15) is 14.9 Å². The van der Waals surface area contributed by atoms with E-state index in [0.29, 0.717) is 10.9 Å². The number of carbonyl (C=O) groups excluding carboxylic acids is 1. The number of nitrogens with zero attached hydrogens (tertiary/aromatic N) is 1. The summed E-state index contributed by atoms with van der Waals surface area (Å²) in [5, 5.41) is 14.1. The van der Waals surface area contributed by atoms with Gasteiger partial charge >= 0.3 is 0 Å². The lowest BCUT2D eigenvalue weighted by Crippen LogP contribution is -2.34. The molecular weight excluding hydrogens is 288 g/mol. The highest BCUT2D eigenvalue weighted by Gasteiger charge is 2.22. The summed E-state index contributed by atoms with van der Waals surface area (Å²) in [6.45, 7) is 3.50. The molecular formula is C11H13BrN2O3. The van der Waals surface area contributed by atoms with Crippen molar-refractivity contribution in [2.45, 2.75) is 19.9 Å². The van der Waals surface area contributed by atoms with Gasteiger partial charge in [-0.2, -0.15) is 0 Å². The maximum absolute atomic E-state index is 11.9. The van der Waals surface area contributed by atoms with Crippen LogP contribution in [0.1, 0.15) is 22.8 Å². The van der Waals surface area contributed by atoms with Gasteiger partial charge in [-0.25, -0.2) is 0 Å².